The minimum Gasteiger partial charge on any atom is -0.453 e. The highest BCUT2D eigenvalue weighted by Gasteiger charge is 2.36. The van der Waals surface area contributed by atoms with Gasteiger partial charge in [-0.2, -0.15) is 0 Å². The van der Waals surface area contributed by atoms with E-state index in [1.165, 1.54) is 0 Å². The van der Waals surface area contributed by atoms with E-state index in [2.05, 4.69) is 4.90 Å². The van der Waals surface area contributed by atoms with E-state index in [0.29, 0.717) is 28.2 Å². The number of Topliss-reactive ketones (excluding diaryl/α,β-unsaturated/α-hetero) is 2. The minimum atomic E-state index is -0.267. The van der Waals surface area contributed by atoms with Crippen molar-refractivity contribution < 1.29 is 19.1 Å². The molecule has 0 amide bonds. The second kappa shape index (κ2) is 7.18. The molecule has 2 heterocycles. The highest BCUT2D eigenvalue weighted by Crippen LogP contribution is 2.59. The van der Waals surface area contributed by atoms with Gasteiger partial charge in [-0.05, 0) is 70.9 Å². The molecule has 2 aliphatic heterocycles. The van der Waals surface area contributed by atoms with E-state index in [1.807, 2.05) is 84.9 Å². The standard InChI is InChI=1S/C32H17NO4/c34-31-21-16-19-7-1-2-8-20(19)17-22(21)32(35)23(31)13-18-14-28-30-29(15-18)37-27-12-6-4-10-25(27)33(30)24-9-3-5-11-26(24)36-28/h1-17H. The summed E-state index contributed by atoms with van der Waals surface area (Å²) in [5.74, 6) is 2.09. The molecule has 0 atom stereocenters. The number of benzene rings is 5. The van der Waals surface area contributed by atoms with Crippen molar-refractivity contribution in [1.82, 2.24) is 0 Å². The monoisotopic (exact) mass is 479 g/mol. The Morgan fingerprint density at radius 1 is 0.568 bits per heavy atom. The Hall–Kier alpha value is -5.16. The fourth-order valence-electron chi connectivity index (χ4n) is 5.43. The van der Waals surface area contributed by atoms with Gasteiger partial charge in [0.05, 0.1) is 16.9 Å². The number of carbonyl (C=O) groups excluding carboxylic acids is 2. The van der Waals surface area contributed by atoms with E-state index < -0.39 is 0 Å². The van der Waals surface area contributed by atoms with Crippen molar-refractivity contribution in [1.29, 1.82) is 0 Å². The molecule has 0 fully saturated rings. The van der Waals surface area contributed by atoms with E-state index >= 15 is 0 Å². The van der Waals surface area contributed by atoms with Gasteiger partial charge in [0.2, 0.25) is 0 Å². The number of rotatable bonds is 1. The number of carbonyl (C=O) groups is 2. The lowest BCUT2D eigenvalue weighted by atomic mass is 10.0. The number of para-hydroxylation sites is 4. The second-order valence-corrected chi connectivity index (χ2v) is 9.30. The van der Waals surface area contributed by atoms with E-state index in [-0.39, 0.29) is 17.1 Å². The van der Waals surface area contributed by atoms with Crippen LogP contribution in [-0.4, -0.2) is 11.6 Å². The molecule has 37 heavy (non-hydrogen) atoms. The van der Waals surface area contributed by atoms with Crippen LogP contribution < -0.4 is 14.4 Å². The molecule has 3 aliphatic rings. The fraction of sp³-hybridized carbons (Fsp3) is 0. The fourth-order valence-corrected chi connectivity index (χ4v) is 5.43. The average molecular weight is 479 g/mol. The van der Waals surface area contributed by atoms with Crippen LogP contribution in [0.2, 0.25) is 0 Å². The molecule has 0 spiro atoms. The van der Waals surface area contributed by atoms with Gasteiger partial charge in [-0.3, -0.25) is 14.5 Å². The number of fused-ring (bicyclic) bond motifs is 6. The van der Waals surface area contributed by atoms with Crippen LogP contribution in [0.3, 0.4) is 0 Å². The summed E-state index contributed by atoms with van der Waals surface area (Å²) in [6.45, 7) is 0. The summed E-state index contributed by atoms with van der Waals surface area (Å²) in [5, 5.41) is 1.86. The van der Waals surface area contributed by atoms with Crippen LogP contribution in [0, 0.1) is 0 Å². The van der Waals surface area contributed by atoms with Crippen LogP contribution in [0.5, 0.6) is 23.0 Å². The predicted molar refractivity (Wildman–Crippen MR) is 142 cm³/mol. The number of allylic oxidation sites excluding steroid dienone is 1. The molecule has 0 saturated heterocycles. The minimum absolute atomic E-state index is 0.140. The Balaban J connectivity index is 1.29. The third kappa shape index (κ3) is 2.79. The molecule has 0 bridgehead atoms. The van der Waals surface area contributed by atoms with Crippen molar-refractivity contribution in [3.63, 3.8) is 0 Å². The largest absolute Gasteiger partial charge is 0.453 e. The quantitative estimate of drug-likeness (QED) is 0.176. The van der Waals surface area contributed by atoms with Gasteiger partial charge in [-0.25, -0.2) is 0 Å². The first-order valence-corrected chi connectivity index (χ1v) is 12.0. The van der Waals surface area contributed by atoms with Gasteiger partial charge in [-0.15, -0.1) is 0 Å². The maximum absolute atomic E-state index is 13.3. The zero-order chi connectivity index (χ0) is 24.7. The number of anilines is 3. The van der Waals surface area contributed by atoms with Crippen molar-refractivity contribution in [3.05, 3.63) is 119 Å². The molecular weight excluding hydrogens is 462 g/mol. The first-order valence-electron chi connectivity index (χ1n) is 12.0. The Kier molecular flexibility index (Phi) is 3.90. The van der Waals surface area contributed by atoms with Gasteiger partial charge in [0, 0.05) is 11.1 Å². The molecule has 5 heteroatoms. The van der Waals surface area contributed by atoms with Crippen molar-refractivity contribution in [2.75, 3.05) is 4.90 Å². The van der Waals surface area contributed by atoms with Crippen molar-refractivity contribution in [2.45, 2.75) is 0 Å². The molecule has 0 saturated carbocycles. The maximum atomic E-state index is 13.3. The van der Waals surface area contributed by atoms with Gasteiger partial charge < -0.3 is 9.47 Å². The van der Waals surface area contributed by atoms with Crippen LogP contribution >= 0.6 is 0 Å². The van der Waals surface area contributed by atoms with Gasteiger partial charge in [0.25, 0.3) is 0 Å². The lowest BCUT2D eigenvalue weighted by molar-refractivity contribution is 0.0990. The van der Waals surface area contributed by atoms with E-state index in [9.17, 15) is 9.59 Å². The molecule has 0 aromatic heterocycles. The summed E-state index contributed by atoms with van der Waals surface area (Å²) in [7, 11) is 0. The molecule has 0 radical (unpaired) electrons. The van der Waals surface area contributed by atoms with Crippen LogP contribution in [0.15, 0.2) is 103 Å². The molecule has 174 valence electrons. The molecule has 5 aromatic carbocycles. The van der Waals surface area contributed by atoms with Crippen LogP contribution in [-0.2, 0) is 0 Å². The number of nitrogens with zero attached hydrogens (tertiary/aromatic N) is 1. The van der Waals surface area contributed by atoms with Gasteiger partial charge in [0.1, 0.15) is 5.69 Å². The molecule has 1 aliphatic carbocycles. The number of hydrogen-bond donors (Lipinski definition) is 0. The van der Waals surface area contributed by atoms with Crippen molar-refractivity contribution in [2.24, 2.45) is 0 Å². The normalized spacial score (nSPS) is 14.4. The SMILES string of the molecule is O=C1C(=Cc2cc3c4c(c2)Oc2ccccc2N4c2ccccc2O3)C(=O)c2cc3ccccc3cc21. The third-order valence-electron chi connectivity index (χ3n) is 7.11. The molecule has 0 N–H and O–H groups in total. The Morgan fingerprint density at radius 3 is 1.59 bits per heavy atom. The Bertz CT molecular complexity index is 1760. The zero-order valence-corrected chi connectivity index (χ0v) is 19.4. The molecular formula is C32H17NO4. The molecule has 0 unspecified atom stereocenters. The average Bonchev–Trinajstić information content (AvgIpc) is 3.15. The lowest BCUT2D eigenvalue weighted by Gasteiger charge is -2.37. The van der Waals surface area contributed by atoms with E-state index in [0.717, 1.165) is 39.3 Å². The smallest absolute Gasteiger partial charge is 0.197 e. The maximum Gasteiger partial charge on any atom is 0.197 e. The molecule has 8 rings (SSSR count). The summed E-state index contributed by atoms with van der Waals surface area (Å²) < 4.78 is 12.6. The van der Waals surface area contributed by atoms with Crippen molar-refractivity contribution >= 4 is 45.5 Å². The number of ether oxygens (including phenoxy) is 2. The first kappa shape index (κ1) is 20.1. The third-order valence-corrected chi connectivity index (χ3v) is 7.11. The van der Waals surface area contributed by atoms with Gasteiger partial charge in [0.15, 0.2) is 34.6 Å². The van der Waals surface area contributed by atoms with Crippen LogP contribution in [0.1, 0.15) is 26.3 Å². The highest BCUT2D eigenvalue weighted by molar-refractivity contribution is 6.42. The number of ketones is 2. The summed E-state index contributed by atoms with van der Waals surface area (Å²) in [6, 6.07) is 30.7. The first-order chi connectivity index (χ1) is 18.2. The van der Waals surface area contributed by atoms with Crippen LogP contribution in [0.25, 0.3) is 16.8 Å². The van der Waals surface area contributed by atoms with Crippen LogP contribution in [0.4, 0.5) is 17.1 Å². The zero-order valence-electron chi connectivity index (χ0n) is 19.4. The van der Waals surface area contributed by atoms with E-state index in [1.54, 1.807) is 18.2 Å². The Morgan fingerprint density at radius 2 is 1.05 bits per heavy atom. The van der Waals surface area contributed by atoms with Gasteiger partial charge in [-0.1, -0.05) is 48.5 Å². The summed E-state index contributed by atoms with van der Waals surface area (Å²) in [6.07, 6.45) is 1.64. The number of hydrogen-bond acceptors (Lipinski definition) is 5. The van der Waals surface area contributed by atoms with Crippen molar-refractivity contribution in [3.8, 4) is 23.0 Å². The van der Waals surface area contributed by atoms with E-state index in [4.69, 9.17) is 9.47 Å². The molecule has 5 nitrogen and oxygen atoms in total. The highest BCUT2D eigenvalue weighted by atomic mass is 16.5. The summed E-state index contributed by atoms with van der Waals surface area (Å²) in [5.41, 5.74) is 4.30. The van der Waals surface area contributed by atoms with Gasteiger partial charge >= 0.3 is 0 Å². The summed E-state index contributed by atoms with van der Waals surface area (Å²) in [4.78, 5) is 28.8. The topological polar surface area (TPSA) is 55.8 Å². The second-order valence-electron chi connectivity index (χ2n) is 9.30. The lowest BCUT2D eigenvalue weighted by Crippen LogP contribution is -2.20. The predicted octanol–water partition coefficient (Wildman–Crippen LogP) is 7.98. The summed E-state index contributed by atoms with van der Waals surface area (Å²) >= 11 is 0. The Labute approximate surface area is 211 Å². The molecule has 5 aromatic rings.